The Labute approximate surface area is 69.5 Å². The van der Waals surface area contributed by atoms with Crippen LogP contribution >= 0.6 is 0 Å². The number of ether oxygens (including phenoxy) is 2. The van der Waals surface area contributed by atoms with Gasteiger partial charge in [0.2, 0.25) is 0 Å². The van der Waals surface area contributed by atoms with E-state index in [0.29, 0.717) is 13.3 Å². The zero-order chi connectivity index (χ0) is 8.23. The minimum atomic E-state index is 0.183. The second kappa shape index (κ2) is 3.59. The van der Waals surface area contributed by atoms with Gasteiger partial charge in [0, 0.05) is 0 Å². The first-order chi connectivity index (χ1) is 5.95. The second-order valence-corrected chi connectivity index (χ2v) is 2.64. The molecule has 0 radical (unpaired) electrons. The highest BCUT2D eigenvalue weighted by Gasteiger charge is 2.14. The van der Waals surface area contributed by atoms with Crippen LogP contribution in [0.3, 0.4) is 0 Å². The summed E-state index contributed by atoms with van der Waals surface area (Å²) in [5.41, 5.74) is 0. The fourth-order valence-electron chi connectivity index (χ4n) is 1.12. The molecule has 1 atom stereocenters. The SMILES string of the molecule is c1nnnn1CC1CCOCO1. The minimum Gasteiger partial charge on any atom is -0.355 e. The van der Waals surface area contributed by atoms with Crippen molar-refractivity contribution in [1.82, 2.24) is 20.2 Å². The average molecular weight is 170 g/mol. The molecule has 1 aliphatic heterocycles. The zero-order valence-electron chi connectivity index (χ0n) is 6.59. The van der Waals surface area contributed by atoms with Crippen molar-refractivity contribution in [3.8, 4) is 0 Å². The van der Waals surface area contributed by atoms with Crippen LogP contribution in [0.25, 0.3) is 0 Å². The lowest BCUT2D eigenvalue weighted by Crippen LogP contribution is -2.28. The maximum absolute atomic E-state index is 5.31. The van der Waals surface area contributed by atoms with E-state index in [1.807, 2.05) is 0 Å². The van der Waals surface area contributed by atoms with E-state index in [1.165, 1.54) is 0 Å². The Bertz CT molecular complexity index is 219. The molecular formula is C6H10N4O2. The molecule has 0 aromatic carbocycles. The van der Waals surface area contributed by atoms with Crippen molar-refractivity contribution in [1.29, 1.82) is 0 Å². The van der Waals surface area contributed by atoms with Crippen molar-refractivity contribution < 1.29 is 9.47 Å². The molecule has 0 amide bonds. The van der Waals surface area contributed by atoms with Crippen LogP contribution in [-0.4, -0.2) is 39.7 Å². The molecule has 1 saturated heterocycles. The molecular weight excluding hydrogens is 160 g/mol. The van der Waals surface area contributed by atoms with Gasteiger partial charge in [0.1, 0.15) is 13.1 Å². The van der Waals surface area contributed by atoms with Gasteiger partial charge in [-0.1, -0.05) is 0 Å². The van der Waals surface area contributed by atoms with Crippen LogP contribution in [0.4, 0.5) is 0 Å². The molecule has 0 N–H and O–H groups in total. The summed E-state index contributed by atoms with van der Waals surface area (Å²) in [6.07, 6.45) is 2.67. The molecule has 0 spiro atoms. The number of hydrogen-bond acceptors (Lipinski definition) is 5. The molecule has 0 bridgehead atoms. The van der Waals surface area contributed by atoms with Gasteiger partial charge in [-0.05, 0) is 16.8 Å². The van der Waals surface area contributed by atoms with E-state index in [1.54, 1.807) is 11.0 Å². The first-order valence-electron chi connectivity index (χ1n) is 3.85. The lowest BCUT2D eigenvalue weighted by atomic mass is 10.2. The topological polar surface area (TPSA) is 62.1 Å². The van der Waals surface area contributed by atoms with Gasteiger partial charge in [-0.2, -0.15) is 0 Å². The highest BCUT2D eigenvalue weighted by molar-refractivity contribution is 4.60. The Balaban J connectivity index is 1.86. The molecule has 1 fully saturated rings. The molecule has 2 rings (SSSR count). The van der Waals surface area contributed by atoms with Gasteiger partial charge in [0.15, 0.2) is 0 Å². The summed E-state index contributed by atoms with van der Waals surface area (Å²) < 4.78 is 12.0. The summed E-state index contributed by atoms with van der Waals surface area (Å²) >= 11 is 0. The van der Waals surface area contributed by atoms with Crippen molar-refractivity contribution >= 4 is 0 Å². The normalized spacial score (nSPS) is 24.2. The van der Waals surface area contributed by atoms with E-state index in [2.05, 4.69) is 15.5 Å². The summed E-state index contributed by atoms with van der Waals surface area (Å²) in [4.78, 5) is 0. The number of rotatable bonds is 2. The van der Waals surface area contributed by atoms with Crippen LogP contribution in [0.2, 0.25) is 0 Å². The highest BCUT2D eigenvalue weighted by Crippen LogP contribution is 2.07. The van der Waals surface area contributed by atoms with Gasteiger partial charge in [-0.3, -0.25) is 0 Å². The Morgan fingerprint density at radius 2 is 2.58 bits per heavy atom. The standard InChI is InChI=1S/C6H10N4O2/c1-2-11-5-12-6(1)3-10-4-7-8-9-10/h4,6H,1-3,5H2. The summed E-state index contributed by atoms with van der Waals surface area (Å²) in [6.45, 7) is 1.84. The molecule has 6 nitrogen and oxygen atoms in total. The van der Waals surface area contributed by atoms with Crippen molar-refractivity contribution in [2.75, 3.05) is 13.4 Å². The van der Waals surface area contributed by atoms with Crippen LogP contribution in [0.15, 0.2) is 6.33 Å². The maximum Gasteiger partial charge on any atom is 0.147 e. The van der Waals surface area contributed by atoms with Crippen LogP contribution < -0.4 is 0 Å². The Morgan fingerprint density at radius 1 is 1.58 bits per heavy atom. The lowest BCUT2D eigenvalue weighted by Gasteiger charge is -2.21. The Morgan fingerprint density at radius 3 is 3.25 bits per heavy atom. The molecule has 1 aliphatic rings. The van der Waals surface area contributed by atoms with E-state index < -0.39 is 0 Å². The van der Waals surface area contributed by atoms with Crippen molar-refractivity contribution in [2.24, 2.45) is 0 Å². The number of aromatic nitrogens is 4. The van der Waals surface area contributed by atoms with Crippen LogP contribution in [0, 0.1) is 0 Å². The smallest absolute Gasteiger partial charge is 0.147 e. The van der Waals surface area contributed by atoms with Gasteiger partial charge >= 0.3 is 0 Å². The van der Waals surface area contributed by atoms with Crippen LogP contribution in [0.1, 0.15) is 6.42 Å². The second-order valence-electron chi connectivity index (χ2n) is 2.64. The van der Waals surface area contributed by atoms with E-state index in [4.69, 9.17) is 9.47 Å². The molecule has 12 heavy (non-hydrogen) atoms. The zero-order valence-corrected chi connectivity index (χ0v) is 6.59. The molecule has 0 saturated carbocycles. The molecule has 0 aliphatic carbocycles. The highest BCUT2D eigenvalue weighted by atomic mass is 16.7. The van der Waals surface area contributed by atoms with Gasteiger partial charge in [0.05, 0.1) is 19.3 Å². The van der Waals surface area contributed by atoms with Gasteiger partial charge in [0.25, 0.3) is 0 Å². The predicted molar refractivity (Wildman–Crippen MR) is 38.1 cm³/mol. The predicted octanol–water partition coefficient (Wildman–Crippen LogP) is -0.564. The van der Waals surface area contributed by atoms with E-state index in [0.717, 1.165) is 13.0 Å². The molecule has 2 heterocycles. The molecule has 66 valence electrons. The lowest BCUT2D eigenvalue weighted by molar-refractivity contribution is -0.143. The molecule has 1 aromatic rings. The average Bonchev–Trinajstić information content (AvgIpc) is 2.59. The van der Waals surface area contributed by atoms with E-state index in [9.17, 15) is 0 Å². The number of hydrogen-bond donors (Lipinski definition) is 0. The van der Waals surface area contributed by atoms with Crippen LogP contribution in [0.5, 0.6) is 0 Å². The summed E-state index contributed by atoms with van der Waals surface area (Å²) in [5, 5.41) is 10.8. The fraction of sp³-hybridized carbons (Fsp3) is 0.833. The van der Waals surface area contributed by atoms with Gasteiger partial charge in [-0.25, -0.2) is 4.68 Å². The third-order valence-electron chi connectivity index (χ3n) is 1.75. The Hall–Kier alpha value is -1.01. The van der Waals surface area contributed by atoms with E-state index >= 15 is 0 Å². The first-order valence-corrected chi connectivity index (χ1v) is 3.85. The van der Waals surface area contributed by atoms with Crippen molar-refractivity contribution in [3.05, 3.63) is 6.33 Å². The van der Waals surface area contributed by atoms with Crippen molar-refractivity contribution in [2.45, 2.75) is 19.1 Å². The molecule has 1 aromatic heterocycles. The maximum atomic E-state index is 5.31. The third-order valence-corrected chi connectivity index (χ3v) is 1.75. The summed E-state index contributed by atoms with van der Waals surface area (Å²) in [7, 11) is 0. The van der Waals surface area contributed by atoms with Gasteiger partial charge in [-0.15, -0.1) is 5.10 Å². The van der Waals surface area contributed by atoms with E-state index in [-0.39, 0.29) is 6.10 Å². The summed E-state index contributed by atoms with van der Waals surface area (Å²) in [6, 6.07) is 0. The van der Waals surface area contributed by atoms with Crippen LogP contribution in [-0.2, 0) is 16.0 Å². The fourth-order valence-corrected chi connectivity index (χ4v) is 1.12. The quantitative estimate of drug-likeness (QED) is 0.595. The minimum absolute atomic E-state index is 0.183. The monoisotopic (exact) mass is 170 g/mol. The molecule has 1 unspecified atom stereocenters. The van der Waals surface area contributed by atoms with Gasteiger partial charge < -0.3 is 9.47 Å². The Kier molecular flexibility index (Phi) is 2.28. The number of tetrazole rings is 1. The largest absolute Gasteiger partial charge is 0.355 e. The third kappa shape index (κ3) is 1.77. The number of nitrogens with zero attached hydrogens (tertiary/aromatic N) is 4. The van der Waals surface area contributed by atoms with Crippen molar-refractivity contribution in [3.63, 3.8) is 0 Å². The molecule has 6 heteroatoms. The summed E-state index contributed by atoms with van der Waals surface area (Å²) in [5.74, 6) is 0. The first kappa shape index (κ1) is 7.63.